The number of esters is 1. The first-order valence-corrected chi connectivity index (χ1v) is 8.32. The largest absolute Gasteiger partial charge is 0.507 e. The molecule has 6 nitrogen and oxygen atoms in total. The summed E-state index contributed by atoms with van der Waals surface area (Å²) in [6.45, 7) is 2.94. The molecule has 1 heterocycles. The topological polar surface area (TPSA) is 83.9 Å². The first-order chi connectivity index (χ1) is 10.8. The molecule has 0 atom stereocenters. The Kier molecular flexibility index (Phi) is 5.48. The van der Waals surface area contributed by atoms with E-state index >= 15 is 0 Å². The van der Waals surface area contributed by atoms with Crippen molar-refractivity contribution < 1.29 is 24.2 Å². The van der Waals surface area contributed by atoms with Crippen molar-refractivity contribution in [3.8, 4) is 5.75 Å². The van der Waals surface area contributed by atoms with Crippen molar-refractivity contribution >= 4 is 50.9 Å². The molecule has 122 valence electrons. The van der Waals surface area contributed by atoms with Gasteiger partial charge in [0.15, 0.2) is 0 Å². The minimum Gasteiger partial charge on any atom is -0.507 e. The minimum absolute atomic E-state index is 0.0146. The van der Waals surface area contributed by atoms with Gasteiger partial charge < -0.3 is 9.84 Å². The highest BCUT2D eigenvalue weighted by Gasteiger charge is 2.36. The third kappa shape index (κ3) is 4.35. The maximum Gasteiger partial charge on any atom is 0.326 e. The van der Waals surface area contributed by atoms with Crippen LogP contribution in [0.1, 0.15) is 19.4 Å². The third-order valence-electron chi connectivity index (χ3n) is 2.80. The smallest absolute Gasteiger partial charge is 0.326 e. The number of phenolic OH excluding ortho intramolecular Hbond substituents is 1. The van der Waals surface area contributed by atoms with Crippen LogP contribution in [0.2, 0.25) is 0 Å². The SMILES string of the molecule is CC(C)OC(=O)CN1C(=O)S/C(=C\c2cc(Br)ccc2O)C1=O. The molecule has 2 amide bonds. The van der Waals surface area contributed by atoms with Crippen LogP contribution in [0.4, 0.5) is 4.79 Å². The summed E-state index contributed by atoms with van der Waals surface area (Å²) in [5.41, 5.74) is 0.398. The lowest BCUT2D eigenvalue weighted by atomic mass is 10.2. The number of thioether (sulfide) groups is 1. The van der Waals surface area contributed by atoms with E-state index in [1.54, 1.807) is 26.0 Å². The average Bonchev–Trinajstić information content (AvgIpc) is 2.70. The van der Waals surface area contributed by atoms with Gasteiger partial charge in [-0.1, -0.05) is 15.9 Å². The highest BCUT2D eigenvalue weighted by Crippen LogP contribution is 2.34. The molecule has 1 aromatic rings. The van der Waals surface area contributed by atoms with Crippen molar-refractivity contribution in [2.24, 2.45) is 0 Å². The second-order valence-corrected chi connectivity index (χ2v) is 6.92. The molecular weight excluding hydrogens is 386 g/mol. The van der Waals surface area contributed by atoms with Crippen LogP contribution in [0.15, 0.2) is 27.6 Å². The van der Waals surface area contributed by atoms with Crippen LogP contribution in [0.5, 0.6) is 5.75 Å². The lowest BCUT2D eigenvalue weighted by Gasteiger charge is -2.13. The number of rotatable bonds is 4. The number of halogens is 1. The quantitative estimate of drug-likeness (QED) is 0.618. The Hall–Kier alpha value is -1.80. The molecule has 0 unspecified atom stereocenters. The Morgan fingerprint density at radius 1 is 1.43 bits per heavy atom. The number of benzene rings is 1. The molecule has 0 bridgehead atoms. The van der Waals surface area contributed by atoms with Gasteiger partial charge >= 0.3 is 5.97 Å². The fourth-order valence-electron chi connectivity index (χ4n) is 1.85. The van der Waals surface area contributed by atoms with Crippen molar-refractivity contribution in [1.82, 2.24) is 4.90 Å². The molecule has 1 aliphatic rings. The number of hydrogen-bond acceptors (Lipinski definition) is 6. The van der Waals surface area contributed by atoms with Gasteiger partial charge in [-0.3, -0.25) is 19.3 Å². The van der Waals surface area contributed by atoms with Gasteiger partial charge in [0.1, 0.15) is 12.3 Å². The molecule has 1 N–H and O–H groups in total. The van der Waals surface area contributed by atoms with Gasteiger partial charge in [-0.15, -0.1) is 0 Å². The van der Waals surface area contributed by atoms with Gasteiger partial charge in [0.05, 0.1) is 11.0 Å². The summed E-state index contributed by atoms with van der Waals surface area (Å²) in [5.74, 6) is -1.24. The number of hydrogen-bond donors (Lipinski definition) is 1. The van der Waals surface area contributed by atoms with E-state index in [4.69, 9.17) is 4.74 Å². The van der Waals surface area contributed by atoms with E-state index in [1.807, 2.05) is 0 Å². The number of carbonyl (C=O) groups is 3. The lowest BCUT2D eigenvalue weighted by molar-refractivity contribution is -0.149. The highest BCUT2D eigenvalue weighted by molar-refractivity contribution is 9.10. The number of imide groups is 1. The van der Waals surface area contributed by atoms with Crippen LogP contribution in [0.25, 0.3) is 6.08 Å². The van der Waals surface area contributed by atoms with Crippen LogP contribution >= 0.6 is 27.7 Å². The predicted molar refractivity (Wildman–Crippen MR) is 89.7 cm³/mol. The molecule has 8 heteroatoms. The summed E-state index contributed by atoms with van der Waals surface area (Å²) < 4.78 is 5.66. The molecule has 0 aliphatic carbocycles. The van der Waals surface area contributed by atoms with Crippen molar-refractivity contribution in [2.75, 3.05) is 6.54 Å². The van der Waals surface area contributed by atoms with Gasteiger partial charge in [-0.2, -0.15) is 0 Å². The molecule has 1 fully saturated rings. The van der Waals surface area contributed by atoms with Gasteiger partial charge in [0.25, 0.3) is 11.1 Å². The number of carbonyl (C=O) groups excluding carboxylic acids is 3. The Morgan fingerprint density at radius 2 is 2.13 bits per heavy atom. The lowest BCUT2D eigenvalue weighted by Crippen LogP contribution is -2.35. The van der Waals surface area contributed by atoms with Gasteiger partial charge in [-0.05, 0) is 49.9 Å². The molecule has 0 saturated carbocycles. The maximum atomic E-state index is 12.3. The van der Waals surface area contributed by atoms with Gasteiger partial charge in [0, 0.05) is 10.0 Å². The molecule has 23 heavy (non-hydrogen) atoms. The molecule has 0 aromatic heterocycles. The monoisotopic (exact) mass is 399 g/mol. The predicted octanol–water partition coefficient (Wildman–Crippen LogP) is 3.14. The molecule has 1 aliphatic heterocycles. The first-order valence-electron chi connectivity index (χ1n) is 6.71. The zero-order chi connectivity index (χ0) is 17.1. The van der Waals surface area contributed by atoms with Crippen molar-refractivity contribution in [3.05, 3.63) is 33.1 Å². The number of aromatic hydroxyl groups is 1. The van der Waals surface area contributed by atoms with E-state index in [-0.39, 0.29) is 16.8 Å². The first kappa shape index (κ1) is 17.6. The molecular formula is C15H14BrNO5S. The number of amides is 2. The Bertz CT molecular complexity index is 701. The summed E-state index contributed by atoms with van der Waals surface area (Å²) >= 11 is 3.99. The van der Waals surface area contributed by atoms with Gasteiger partial charge in [-0.25, -0.2) is 0 Å². The van der Waals surface area contributed by atoms with E-state index in [2.05, 4.69) is 15.9 Å². The third-order valence-corrected chi connectivity index (χ3v) is 4.20. The summed E-state index contributed by atoms with van der Waals surface area (Å²) in [4.78, 5) is 36.7. The highest BCUT2D eigenvalue weighted by atomic mass is 79.9. The summed E-state index contributed by atoms with van der Waals surface area (Å²) in [7, 11) is 0. The number of nitrogens with zero attached hydrogens (tertiary/aromatic N) is 1. The van der Waals surface area contributed by atoms with E-state index < -0.39 is 23.7 Å². The van der Waals surface area contributed by atoms with Crippen LogP contribution in [0.3, 0.4) is 0 Å². The fraction of sp³-hybridized carbons (Fsp3) is 0.267. The number of ether oxygens (including phenoxy) is 1. The fourth-order valence-corrected chi connectivity index (χ4v) is 3.06. The van der Waals surface area contributed by atoms with E-state index in [0.717, 1.165) is 9.37 Å². The Labute approximate surface area is 145 Å². The van der Waals surface area contributed by atoms with Crippen LogP contribution in [-0.4, -0.2) is 39.8 Å². The molecule has 1 saturated heterocycles. The second kappa shape index (κ2) is 7.18. The maximum absolute atomic E-state index is 12.3. The van der Waals surface area contributed by atoms with E-state index in [9.17, 15) is 19.5 Å². The summed E-state index contributed by atoms with van der Waals surface area (Å²) in [6, 6.07) is 4.75. The Balaban J connectivity index is 2.19. The number of phenols is 1. The molecule has 1 aromatic carbocycles. The van der Waals surface area contributed by atoms with Crippen molar-refractivity contribution in [2.45, 2.75) is 20.0 Å². The zero-order valence-corrected chi connectivity index (χ0v) is 14.8. The van der Waals surface area contributed by atoms with E-state index in [0.29, 0.717) is 17.3 Å². The van der Waals surface area contributed by atoms with Crippen LogP contribution in [0, 0.1) is 0 Å². The molecule has 0 spiro atoms. The van der Waals surface area contributed by atoms with E-state index in [1.165, 1.54) is 12.1 Å². The second-order valence-electron chi connectivity index (χ2n) is 5.01. The van der Waals surface area contributed by atoms with Crippen molar-refractivity contribution in [1.29, 1.82) is 0 Å². The van der Waals surface area contributed by atoms with Crippen molar-refractivity contribution in [3.63, 3.8) is 0 Å². The van der Waals surface area contributed by atoms with Crippen LogP contribution < -0.4 is 0 Å². The molecule has 0 radical (unpaired) electrons. The normalized spacial score (nSPS) is 16.5. The minimum atomic E-state index is -0.645. The Morgan fingerprint density at radius 3 is 2.78 bits per heavy atom. The summed E-state index contributed by atoms with van der Waals surface area (Å²) in [6.07, 6.45) is 1.09. The van der Waals surface area contributed by atoms with Gasteiger partial charge in [0.2, 0.25) is 0 Å². The summed E-state index contributed by atoms with van der Waals surface area (Å²) in [5, 5.41) is 9.25. The van der Waals surface area contributed by atoms with Crippen LogP contribution in [-0.2, 0) is 14.3 Å². The average molecular weight is 400 g/mol. The molecule has 2 rings (SSSR count). The zero-order valence-electron chi connectivity index (χ0n) is 12.4. The standard InChI is InChI=1S/C15H14BrNO5S/c1-8(2)22-13(19)7-17-14(20)12(23-15(17)21)6-9-5-10(16)3-4-11(9)18/h3-6,8,18H,7H2,1-2H3/b12-6-.